The molecule has 0 saturated heterocycles. The third-order valence-electron chi connectivity index (χ3n) is 4.80. The Morgan fingerprint density at radius 2 is 1.88 bits per heavy atom. The van der Waals surface area contributed by atoms with Crippen molar-refractivity contribution in [1.29, 1.82) is 0 Å². The van der Waals surface area contributed by atoms with Crippen molar-refractivity contribution in [3.8, 4) is 16.9 Å². The summed E-state index contributed by atoms with van der Waals surface area (Å²) < 4.78 is 8.25. The van der Waals surface area contributed by atoms with Gasteiger partial charge in [0.15, 0.2) is 0 Å². The molecule has 2 aromatic heterocycles. The molecule has 0 spiro atoms. The number of rotatable bonds is 5. The van der Waals surface area contributed by atoms with Crippen molar-refractivity contribution in [3.63, 3.8) is 0 Å². The molecule has 2 aromatic carbocycles. The van der Waals surface area contributed by atoms with Gasteiger partial charge >= 0.3 is 0 Å². The summed E-state index contributed by atoms with van der Waals surface area (Å²) in [7, 11) is 0. The highest BCUT2D eigenvalue weighted by Gasteiger charge is 2.25. The second-order valence-corrected chi connectivity index (χ2v) is 6.71. The van der Waals surface area contributed by atoms with Gasteiger partial charge < -0.3 is 4.74 Å². The van der Waals surface area contributed by atoms with E-state index in [9.17, 15) is 0 Å². The molecule has 0 atom stereocenters. The Morgan fingerprint density at radius 1 is 1.00 bits per heavy atom. The number of nitrogens with zero attached hydrogens (tertiary/aromatic N) is 3. The molecule has 0 radical (unpaired) electrons. The van der Waals surface area contributed by atoms with Crippen LogP contribution in [-0.4, -0.2) is 14.8 Å². The van der Waals surface area contributed by atoms with Gasteiger partial charge in [-0.1, -0.05) is 36.4 Å². The Morgan fingerprint density at radius 3 is 2.73 bits per heavy atom. The smallest absolute Gasteiger partial charge is 0.130 e. The predicted octanol–water partition coefficient (Wildman–Crippen LogP) is 5.01. The summed E-state index contributed by atoms with van der Waals surface area (Å²) in [5.74, 6) is 0.865. The molecule has 4 heteroatoms. The molecule has 4 aromatic rings. The number of hydrogen-bond acceptors (Lipinski definition) is 3. The van der Waals surface area contributed by atoms with Crippen LogP contribution in [0.5, 0.6) is 5.75 Å². The van der Waals surface area contributed by atoms with Gasteiger partial charge in [0.2, 0.25) is 0 Å². The molecule has 5 rings (SSSR count). The lowest BCUT2D eigenvalue weighted by Gasteiger charge is -2.13. The van der Waals surface area contributed by atoms with Crippen LogP contribution < -0.4 is 4.74 Å². The van der Waals surface area contributed by atoms with Crippen molar-refractivity contribution in [2.45, 2.75) is 25.5 Å². The fraction of sp³-hybridized carbons (Fsp3) is 0.182. The Hall–Kier alpha value is -3.14. The van der Waals surface area contributed by atoms with Gasteiger partial charge in [0.05, 0.1) is 17.9 Å². The summed E-state index contributed by atoms with van der Waals surface area (Å²) in [6, 6.07) is 19.0. The van der Waals surface area contributed by atoms with Crippen LogP contribution in [0.2, 0.25) is 0 Å². The van der Waals surface area contributed by atoms with E-state index in [0.717, 1.165) is 22.6 Å². The van der Waals surface area contributed by atoms with Gasteiger partial charge in [0.25, 0.3) is 0 Å². The highest BCUT2D eigenvalue weighted by Crippen LogP contribution is 2.40. The van der Waals surface area contributed by atoms with Crippen molar-refractivity contribution >= 4 is 10.8 Å². The van der Waals surface area contributed by atoms with E-state index in [1.165, 1.54) is 23.6 Å². The van der Waals surface area contributed by atoms with Crippen LogP contribution >= 0.6 is 0 Å². The van der Waals surface area contributed by atoms with E-state index in [0.29, 0.717) is 12.6 Å². The molecule has 1 aliphatic carbocycles. The first-order chi connectivity index (χ1) is 12.9. The maximum Gasteiger partial charge on any atom is 0.130 e. The summed E-state index contributed by atoms with van der Waals surface area (Å²) in [5, 5.41) is 6.95. The van der Waals surface area contributed by atoms with Gasteiger partial charge in [-0.25, -0.2) is 0 Å². The minimum absolute atomic E-state index is 0.447. The zero-order valence-electron chi connectivity index (χ0n) is 14.4. The standard InChI is InChI=1S/C22H19N3O/c1-2-7-20-16(5-1)8-11-21(26-15-18-6-3-4-12-23-18)22(20)17-13-24-25(14-17)19-9-10-19/h1-8,11-14,19H,9-10,15H2. The fourth-order valence-electron chi connectivity index (χ4n) is 3.31. The highest BCUT2D eigenvalue weighted by molar-refractivity contribution is 5.99. The van der Waals surface area contributed by atoms with Crippen molar-refractivity contribution in [2.24, 2.45) is 0 Å². The van der Waals surface area contributed by atoms with Crippen LogP contribution in [0.3, 0.4) is 0 Å². The molecule has 4 nitrogen and oxygen atoms in total. The quantitative estimate of drug-likeness (QED) is 0.512. The van der Waals surface area contributed by atoms with Crippen molar-refractivity contribution < 1.29 is 4.74 Å². The van der Waals surface area contributed by atoms with E-state index >= 15 is 0 Å². The highest BCUT2D eigenvalue weighted by atomic mass is 16.5. The van der Waals surface area contributed by atoms with Gasteiger partial charge in [-0.3, -0.25) is 9.67 Å². The second kappa shape index (κ2) is 6.30. The molecule has 1 aliphatic rings. The van der Waals surface area contributed by atoms with Crippen LogP contribution in [0, 0.1) is 0 Å². The first-order valence-electron chi connectivity index (χ1n) is 8.97. The minimum atomic E-state index is 0.447. The Balaban J connectivity index is 1.57. The van der Waals surface area contributed by atoms with Crippen molar-refractivity contribution in [2.75, 3.05) is 0 Å². The van der Waals surface area contributed by atoms with E-state index in [2.05, 4.69) is 57.4 Å². The average Bonchev–Trinajstić information content (AvgIpc) is 3.44. The number of pyridine rings is 1. The molecular weight excluding hydrogens is 322 g/mol. The summed E-state index contributed by atoms with van der Waals surface area (Å²) >= 11 is 0. The van der Waals surface area contributed by atoms with Crippen LogP contribution in [0.25, 0.3) is 21.9 Å². The number of ether oxygens (including phenoxy) is 1. The first kappa shape index (κ1) is 15.1. The van der Waals surface area contributed by atoms with Gasteiger partial charge in [-0.2, -0.15) is 5.10 Å². The Labute approximate surface area is 152 Å². The normalized spacial score (nSPS) is 13.8. The molecule has 1 saturated carbocycles. The van der Waals surface area contributed by atoms with Gasteiger partial charge in [0, 0.05) is 23.5 Å². The zero-order valence-corrected chi connectivity index (χ0v) is 14.4. The molecule has 128 valence electrons. The Kier molecular flexibility index (Phi) is 3.67. The lowest BCUT2D eigenvalue weighted by Crippen LogP contribution is -1.99. The van der Waals surface area contributed by atoms with Crippen molar-refractivity contribution in [1.82, 2.24) is 14.8 Å². The van der Waals surface area contributed by atoms with E-state index < -0.39 is 0 Å². The molecular formula is C22H19N3O. The zero-order chi connectivity index (χ0) is 17.3. The summed E-state index contributed by atoms with van der Waals surface area (Å²) in [4.78, 5) is 4.35. The second-order valence-electron chi connectivity index (χ2n) is 6.71. The number of fused-ring (bicyclic) bond motifs is 1. The third-order valence-corrected chi connectivity index (χ3v) is 4.80. The number of hydrogen-bond donors (Lipinski definition) is 0. The molecule has 0 N–H and O–H groups in total. The number of aromatic nitrogens is 3. The fourth-order valence-corrected chi connectivity index (χ4v) is 3.31. The van der Waals surface area contributed by atoms with E-state index in [-0.39, 0.29) is 0 Å². The average molecular weight is 341 g/mol. The van der Waals surface area contributed by atoms with Crippen LogP contribution in [0.4, 0.5) is 0 Å². The molecule has 0 unspecified atom stereocenters. The van der Waals surface area contributed by atoms with E-state index in [4.69, 9.17) is 4.74 Å². The maximum atomic E-state index is 6.17. The summed E-state index contributed by atoms with van der Waals surface area (Å²) in [5.41, 5.74) is 3.12. The monoisotopic (exact) mass is 341 g/mol. The topological polar surface area (TPSA) is 39.9 Å². The van der Waals surface area contributed by atoms with Gasteiger partial charge in [-0.15, -0.1) is 0 Å². The van der Waals surface area contributed by atoms with Crippen LogP contribution in [0.1, 0.15) is 24.6 Å². The van der Waals surface area contributed by atoms with Crippen molar-refractivity contribution in [3.05, 3.63) is 78.9 Å². The molecule has 1 fully saturated rings. The minimum Gasteiger partial charge on any atom is -0.487 e. The van der Waals surface area contributed by atoms with Gasteiger partial charge in [-0.05, 0) is 41.8 Å². The van der Waals surface area contributed by atoms with E-state index in [1.54, 1.807) is 6.20 Å². The predicted molar refractivity (Wildman–Crippen MR) is 102 cm³/mol. The molecule has 26 heavy (non-hydrogen) atoms. The van der Waals surface area contributed by atoms with Gasteiger partial charge in [0.1, 0.15) is 12.4 Å². The summed E-state index contributed by atoms with van der Waals surface area (Å²) in [6.45, 7) is 0.447. The lowest BCUT2D eigenvalue weighted by molar-refractivity contribution is 0.303. The Bertz CT molecular complexity index is 1050. The largest absolute Gasteiger partial charge is 0.487 e. The number of benzene rings is 2. The third kappa shape index (κ3) is 2.84. The molecule has 0 aliphatic heterocycles. The molecule has 0 amide bonds. The maximum absolute atomic E-state index is 6.17. The van der Waals surface area contributed by atoms with Crippen LogP contribution in [0.15, 0.2) is 73.2 Å². The first-order valence-corrected chi connectivity index (χ1v) is 8.97. The van der Waals surface area contributed by atoms with Crippen LogP contribution in [-0.2, 0) is 6.61 Å². The SMILES string of the molecule is c1ccc(COc2ccc3ccccc3c2-c2cnn(C3CC3)c2)nc1. The summed E-state index contributed by atoms with van der Waals surface area (Å²) in [6.07, 6.45) is 8.33. The molecule has 0 bridgehead atoms. The van der Waals surface area contributed by atoms with E-state index in [1.807, 2.05) is 24.4 Å². The lowest BCUT2D eigenvalue weighted by atomic mass is 9.99. The molecule has 2 heterocycles.